The number of aromatic nitrogens is 3. The third-order valence-corrected chi connectivity index (χ3v) is 4.86. The van der Waals surface area contributed by atoms with Crippen LogP contribution in [0.15, 0.2) is 42.9 Å². The number of rotatable bonds is 4. The van der Waals surface area contributed by atoms with Gasteiger partial charge in [-0.05, 0) is 44.2 Å². The number of carbonyl (C=O) groups excluding carboxylic acids is 1. The van der Waals surface area contributed by atoms with Gasteiger partial charge < -0.3 is 19.5 Å². The fourth-order valence-corrected chi connectivity index (χ4v) is 3.32. The summed E-state index contributed by atoms with van der Waals surface area (Å²) in [5, 5.41) is 7.12. The van der Waals surface area contributed by atoms with Crippen LogP contribution in [-0.2, 0) is 7.05 Å². The highest BCUT2D eigenvalue weighted by molar-refractivity contribution is 6.08. The lowest BCUT2D eigenvalue weighted by Crippen LogP contribution is -2.35. The largest absolute Gasteiger partial charge is 0.490 e. The number of anilines is 1. The molecule has 0 spiro atoms. The van der Waals surface area contributed by atoms with Crippen molar-refractivity contribution in [2.75, 3.05) is 25.5 Å². The monoisotopic (exact) mass is 353 g/mol. The Morgan fingerprint density at radius 2 is 1.88 bits per heavy atom. The van der Waals surface area contributed by atoms with E-state index in [1.54, 1.807) is 10.7 Å². The third-order valence-electron chi connectivity index (χ3n) is 4.86. The molecule has 7 nitrogen and oxygen atoms in total. The molecule has 1 saturated heterocycles. The van der Waals surface area contributed by atoms with Crippen LogP contribution in [0.25, 0.3) is 5.65 Å². The van der Waals surface area contributed by atoms with Gasteiger partial charge in [-0.2, -0.15) is 5.10 Å². The maximum Gasteiger partial charge on any atom is 0.261 e. The topological polar surface area (TPSA) is 63.8 Å². The minimum Gasteiger partial charge on any atom is -0.490 e. The third kappa shape index (κ3) is 3.30. The van der Waals surface area contributed by atoms with Crippen LogP contribution in [0.2, 0.25) is 0 Å². The Kier molecular flexibility index (Phi) is 4.38. The van der Waals surface area contributed by atoms with Gasteiger partial charge in [0, 0.05) is 38.2 Å². The van der Waals surface area contributed by atoms with Gasteiger partial charge in [-0.1, -0.05) is 0 Å². The summed E-state index contributed by atoms with van der Waals surface area (Å²) < 4.78 is 9.61. The maximum absolute atomic E-state index is 12.6. The maximum atomic E-state index is 12.6. The van der Waals surface area contributed by atoms with Crippen molar-refractivity contribution < 1.29 is 9.53 Å². The highest BCUT2D eigenvalue weighted by Crippen LogP contribution is 2.21. The summed E-state index contributed by atoms with van der Waals surface area (Å²) >= 11 is 0. The van der Waals surface area contributed by atoms with Crippen LogP contribution in [-0.4, -0.2) is 51.2 Å². The van der Waals surface area contributed by atoms with Crippen molar-refractivity contribution in [2.45, 2.75) is 18.9 Å². The predicted molar refractivity (Wildman–Crippen MR) is 99.7 cm³/mol. The Morgan fingerprint density at radius 1 is 1.15 bits per heavy atom. The van der Waals surface area contributed by atoms with Crippen LogP contribution < -0.4 is 10.1 Å². The molecule has 26 heavy (non-hydrogen) atoms. The number of benzene rings is 1. The fraction of sp³-hybridized carbons (Fsp3) is 0.368. The van der Waals surface area contributed by atoms with Crippen molar-refractivity contribution in [3.63, 3.8) is 0 Å². The number of fused-ring (bicyclic) bond motifs is 1. The van der Waals surface area contributed by atoms with Gasteiger partial charge in [-0.25, -0.2) is 4.52 Å². The van der Waals surface area contributed by atoms with Crippen LogP contribution in [0.4, 0.5) is 5.69 Å². The minimum absolute atomic E-state index is 0.175. The lowest BCUT2D eigenvalue weighted by atomic mass is 10.1. The van der Waals surface area contributed by atoms with Crippen LogP contribution in [0, 0.1) is 0 Å². The van der Waals surface area contributed by atoms with Crippen molar-refractivity contribution in [1.29, 1.82) is 0 Å². The molecule has 0 bridgehead atoms. The Labute approximate surface area is 152 Å². The summed E-state index contributed by atoms with van der Waals surface area (Å²) in [6.45, 7) is 2.14. The minimum atomic E-state index is -0.175. The zero-order chi connectivity index (χ0) is 18.1. The van der Waals surface area contributed by atoms with Crippen molar-refractivity contribution in [3.05, 3.63) is 48.4 Å². The number of piperidine rings is 1. The van der Waals surface area contributed by atoms with Crippen LogP contribution in [0.3, 0.4) is 0 Å². The number of nitrogens with one attached hydrogen (secondary N) is 1. The first-order valence-corrected chi connectivity index (χ1v) is 8.85. The summed E-state index contributed by atoms with van der Waals surface area (Å²) in [7, 11) is 4.03. The Bertz CT molecular complexity index is 904. The van der Waals surface area contributed by atoms with Gasteiger partial charge in [0.05, 0.1) is 6.20 Å². The van der Waals surface area contributed by atoms with Crippen LogP contribution in [0.1, 0.15) is 23.2 Å². The quantitative estimate of drug-likeness (QED) is 0.782. The standard InChI is InChI=1S/C19H23N5O2/c1-22-9-7-16(8-10-22)26-15-5-3-14(4-6-15)21-18(25)17-13-20-24-12-11-23(2)19(17)24/h3-6,11-13,16H,7-10H2,1-2H3,(H,21,25). The van der Waals surface area contributed by atoms with Crippen molar-refractivity contribution in [2.24, 2.45) is 7.05 Å². The van der Waals surface area contributed by atoms with Gasteiger partial charge in [0.2, 0.25) is 0 Å². The number of carbonyl (C=O) groups is 1. The van der Waals surface area contributed by atoms with Gasteiger partial charge in [-0.15, -0.1) is 0 Å². The highest BCUT2D eigenvalue weighted by Gasteiger charge is 2.18. The van der Waals surface area contributed by atoms with E-state index in [1.165, 1.54) is 0 Å². The second-order valence-electron chi connectivity index (χ2n) is 6.83. The molecule has 1 aliphatic rings. The molecule has 4 rings (SSSR count). The number of aryl methyl sites for hydroxylation is 1. The van der Waals surface area contributed by atoms with Gasteiger partial charge in [-0.3, -0.25) is 4.79 Å². The van der Waals surface area contributed by atoms with Crippen molar-refractivity contribution in [3.8, 4) is 5.75 Å². The molecule has 3 aromatic rings. The molecule has 2 aromatic heterocycles. The number of ether oxygens (including phenoxy) is 1. The van der Waals surface area contributed by atoms with Crippen LogP contribution >= 0.6 is 0 Å². The molecule has 1 N–H and O–H groups in total. The van der Waals surface area contributed by atoms with Crippen molar-refractivity contribution >= 4 is 17.2 Å². The van der Waals surface area contributed by atoms with E-state index in [1.807, 2.05) is 48.3 Å². The van der Waals surface area contributed by atoms with E-state index in [0.29, 0.717) is 5.56 Å². The molecule has 3 heterocycles. The first kappa shape index (κ1) is 16.7. The molecular formula is C19H23N5O2. The zero-order valence-electron chi connectivity index (χ0n) is 15.1. The lowest BCUT2D eigenvalue weighted by Gasteiger charge is -2.29. The second kappa shape index (κ2) is 6.84. The smallest absolute Gasteiger partial charge is 0.261 e. The zero-order valence-corrected chi connectivity index (χ0v) is 15.1. The first-order valence-electron chi connectivity index (χ1n) is 8.85. The van der Waals surface area contributed by atoms with Gasteiger partial charge in [0.15, 0.2) is 0 Å². The number of imidazole rings is 1. The fourth-order valence-electron chi connectivity index (χ4n) is 3.32. The van der Waals surface area contributed by atoms with Gasteiger partial charge >= 0.3 is 0 Å². The summed E-state index contributed by atoms with van der Waals surface area (Å²) in [5.74, 6) is 0.665. The molecule has 1 aliphatic heterocycles. The number of likely N-dealkylation sites (tertiary alicyclic amines) is 1. The number of amides is 1. The predicted octanol–water partition coefficient (Wildman–Crippen LogP) is 2.40. The van der Waals surface area contributed by atoms with Gasteiger partial charge in [0.1, 0.15) is 23.1 Å². The molecule has 1 fully saturated rings. The lowest BCUT2D eigenvalue weighted by molar-refractivity contribution is 0.102. The average molecular weight is 353 g/mol. The Hall–Kier alpha value is -2.80. The number of hydrogen-bond acceptors (Lipinski definition) is 4. The van der Waals surface area contributed by atoms with E-state index >= 15 is 0 Å². The van der Waals surface area contributed by atoms with E-state index in [2.05, 4.69) is 22.4 Å². The van der Waals surface area contributed by atoms with E-state index in [4.69, 9.17) is 4.74 Å². The number of nitrogens with zero attached hydrogens (tertiary/aromatic N) is 4. The highest BCUT2D eigenvalue weighted by atomic mass is 16.5. The van der Waals surface area contributed by atoms with E-state index < -0.39 is 0 Å². The summed E-state index contributed by atoms with van der Waals surface area (Å²) in [5.41, 5.74) is 2.05. The molecule has 0 aliphatic carbocycles. The molecule has 0 radical (unpaired) electrons. The second-order valence-corrected chi connectivity index (χ2v) is 6.83. The van der Waals surface area contributed by atoms with E-state index in [-0.39, 0.29) is 12.0 Å². The molecule has 0 unspecified atom stereocenters. The van der Waals surface area contributed by atoms with E-state index in [0.717, 1.165) is 43.0 Å². The van der Waals surface area contributed by atoms with E-state index in [9.17, 15) is 4.79 Å². The molecule has 7 heteroatoms. The molecule has 0 saturated carbocycles. The normalized spacial score (nSPS) is 16.1. The Balaban J connectivity index is 1.41. The summed E-state index contributed by atoms with van der Waals surface area (Å²) in [6.07, 6.45) is 7.63. The molecular weight excluding hydrogens is 330 g/mol. The number of hydrogen-bond donors (Lipinski definition) is 1. The SMILES string of the molecule is CN1CCC(Oc2ccc(NC(=O)c3cnn4ccn(C)c34)cc2)CC1. The first-order chi connectivity index (χ1) is 12.6. The molecule has 136 valence electrons. The van der Waals surface area contributed by atoms with Gasteiger partial charge in [0.25, 0.3) is 5.91 Å². The molecule has 1 amide bonds. The Morgan fingerprint density at radius 3 is 2.62 bits per heavy atom. The summed E-state index contributed by atoms with van der Waals surface area (Å²) in [4.78, 5) is 14.9. The van der Waals surface area contributed by atoms with Crippen molar-refractivity contribution in [1.82, 2.24) is 19.1 Å². The average Bonchev–Trinajstić information content (AvgIpc) is 3.22. The van der Waals surface area contributed by atoms with Crippen LogP contribution in [0.5, 0.6) is 5.75 Å². The molecule has 1 aromatic carbocycles. The molecule has 0 atom stereocenters. The summed E-state index contributed by atoms with van der Waals surface area (Å²) in [6, 6.07) is 7.55.